The minimum atomic E-state index is -0.960. The fraction of sp³-hybridized carbons (Fsp3) is 0.875. The van der Waals surface area contributed by atoms with Crippen LogP contribution in [0.25, 0.3) is 0 Å². The Labute approximate surface area is 82.1 Å². The summed E-state index contributed by atoms with van der Waals surface area (Å²) in [6.07, 6.45) is 0. The Hall–Kier alpha value is -0.690. The van der Waals surface area contributed by atoms with Gasteiger partial charge in [0.25, 0.3) is 0 Å². The van der Waals surface area contributed by atoms with E-state index in [-0.39, 0.29) is 19.1 Å². The second-order valence-electron chi connectivity index (χ2n) is 2.89. The molecule has 0 heterocycles. The lowest BCUT2D eigenvalue weighted by molar-refractivity contribution is -0.147. The van der Waals surface area contributed by atoms with Gasteiger partial charge >= 0.3 is 5.97 Å². The first-order chi connectivity index (χ1) is 6.63. The summed E-state index contributed by atoms with van der Waals surface area (Å²) in [6, 6.07) is 0. The summed E-state index contributed by atoms with van der Waals surface area (Å²) in [5, 5.41) is 25.5. The zero-order valence-corrected chi connectivity index (χ0v) is 8.05. The second-order valence-corrected chi connectivity index (χ2v) is 2.89. The van der Waals surface area contributed by atoms with Crippen LogP contribution in [0.2, 0.25) is 0 Å². The first-order valence-electron chi connectivity index (χ1n) is 4.23. The molecule has 0 radical (unpaired) electrons. The lowest BCUT2D eigenvalue weighted by Gasteiger charge is -2.19. The molecule has 0 aliphatic carbocycles. The van der Waals surface area contributed by atoms with Crippen LogP contribution in [0, 0.1) is 11.8 Å². The molecule has 14 heavy (non-hydrogen) atoms. The summed E-state index contributed by atoms with van der Waals surface area (Å²) >= 11 is 0. The Morgan fingerprint density at radius 3 is 1.93 bits per heavy atom. The molecule has 1 unspecified atom stereocenters. The zero-order chi connectivity index (χ0) is 11.0. The third kappa shape index (κ3) is 5.13. The smallest absolute Gasteiger partial charge is 0.306 e. The van der Waals surface area contributed by atoms with Crippen molar-refractivity contribution in [3.8, 4) is 0 Å². The van der Waals surface area contributed by atoms with Gasteiger partial charge in [0.15, 0.2) is 0 Å². The number of aliphatic carboxylic acids is 1. The topological polar surface area (TPSA) is 96.2 Å². The molecule has 0 aliphatic rings. The fourth-order valence-electron chi connectivity index (χ4n) is 0.947. The number of aliphatic hydroxyl groups is 2. The summed E-state index contributed by atoms with van der Waals surface area (Å²) < 4.78 is 9.39. The Balaban J connectivity index is 4.01. The summed E-state index contributed by atoms with van der Waals surface area (Å²) in [7, 11) is 0. The molecule has 0 spiro atoms. The Kier molecular flexibility index (Phi) is 7.31. The molecule has 0 aromatic carbocycles. The molecule has 0 aromatic rings. The standard InChI is InChI=1S/C8H16O6/c1-6(8(11)12)7(2-13-4-9)3-14-5-10/h6-7,9-10H,2-5H2,1H3,(H,11,12). The summed E-state index contributed by atoms with van der Waals surface area (Å²) in [5.41, 5.74) is 0. The molecule has 0 rings (SSSR count). The number of carboxylic acids is 1. The van der Waals surface area contributed by atoms with E-state index in [4.69, 9.17) is 24.8 Å². The van der Waals surface area contributed by atoms with Gasteiger partial charge in [0.1, 0.15) is 13.6 Å². The highest BCUT2D eigenvalue weighted by atomic mass is 16.6. The van der Waals surface area contributed by atoms with Crippen molar-refractivity contribution in [1.82, 2.24) is 0 Å². The van der Waals surface area contributed by atoms with E-state index in [0.29, 0.717) is 0 Å². The maximum Gasteiger partial charge on any atom is 0.306 e. The Morgan fingerprint density at radius 1 is 1.21 bits per heavy atom. The van der Waals surface area contributed by atoms with Gasteiger partial charge in [0, 0.05) is 5.92 Å². The molecule has 0 amide bonds. The monoisotopic (exact) mass is 208 g/mol. The fourth-order valence-corrected chi connectivity index (χ4v) is 0.947. The van der Waals surface area contributed by atoms with Crippen LogP contribution in [-0.4, -0.2) is 48.1 Å². The molecule has 6 nitrogen and oxygen atoms in total. The van der Waals surface area contributed by atoms with Gasteiger partial charge < -0.3 is 24.8 Å². The number of carbonyl (C=O) groups is 1. The third-order valence-corrected chi connectivity index (χ3v) is 1.94. The number of carboxylic acid groups (broad SMARTS) is 1. The van der Waals surface area contributed by atoms with Crippen LogP contribution in [-0.2, 0) is 14.3 Å². The van der Waals surface area contributed by atoms with Gasteiger partial charge in [0.05, 0.1) is 19.1 Å². The van der Waals surface area contributed by atoms with Crippen LogP contribution in [0.1, 0.15) is 6.92 Å². The van der Waals surface area contributed by atoms with E-state index in [1.165, 1.54) is 6.92 Å². The largest absolute Gasteiger partial charge is 0.481 e. The van der Waals surface area contributed by atoms with E-state index in [2.05, 4.69) is 0 Å². The minimum Gasteiger partial charge on any atom is -0.481 e. The SMILES string of the molecule is CC(C(=O)O)C(COCO)COCO. The first kappa shape index (κ1) is 13.3. The minimum absolute atomic E-state index is 0.0873. The van der Waals surface area contributed by atoms with Crippen molar-refractivity contribution in [2.75, 3.05) is 26.8 Å². The quantitative estimate of drug-likeness (QED) is 0.454. The van der Waals surface area contributed by atoms with Crippen molar-refractivity contribution in [2.24, 2.45) is 11.8 Å². The lowest BCUT2D eigenvalue weighted by Crippen LogP contribution is -2.29. The van der Waals surface area contributed by atoms with Crippen LogP contribution >= 0.6 is 0 Å². The molecule has 0 bridgehead atoms. The van der Waals surface area contributed by atoms with Crippen molar-refractivity contribution in [3.05, 3.63) is 0 Å². The zero-order valence-electron chi connectivity index (χ0n) is 8.05. The Bertz CT molecular complexity index is 152. The van der Waals surface area contributed by atoms with E-state index in [1.54, 1.807) is 0 Å². The highest BCUT2D eigenvalue weighted by Crippen LogP contribution is 2.13. The van der Waals surface area contributed by atoms with Gasteiger partial charge in [-0.15, -0.1) is 0 Å². The molecule has 1 atom stereocenters. The van der Waals surface area contributed by atoms with Gasteiger partial charge in [-0.3, -0.25) is 4.79 Å². The molecule has 0 saturated heterocycles. The van der Waals surface area contributed by atoms with Gasteiger partial charge in [-0.25, -0.2) is 0 Å². The number of aliphatic hydroxyl groups excluding tert-OH is 2. The third-order valence-electron chi connectivity index (χ3n) is 1.94. The van der Waals surface area contributed by atoms with Gasteiger partial charge in [-0.05, 0) is 0 Å². The highest BCUT2D eigenvalue weighted by Gasteiger charge is 2.23. The number of hydrogen-bond acceptors (Lipinski definition) is 5. The maximum absolute atomic E-state index is 10.6. The molecule has 0 aliphatic heterocycles. The summed E-state index contributed by atoms with van der Waals surface area (Å²) in [4.78, 5) is 10.6. The van der Waals surface area contributed by atoms with Crippen molar-refractivity contribution >= 4 is 5.97 Å². The first-order valence-corrected chi connectivity index (χ1v) is 4.23. The molecular weight excluding hydrogens is 192 g/mol. The van der Waals surface area contributed by atoms with Crippen LogP contribution in [0.5, 0.6) is 0 Å². The van der Waals surface area contributed by atoms with Crippen molar-refractivity contribution in [1.29, 1.82) is 0 Å². The molecular formula is C8H16O6. The van der Waals surface area contributed by atoms with Crippen molar-refractivity contribution in [3.63, 3.8) is 0 Å². The maximum atomic E-state index is 10.6. The summed E-state index contributed by atoms with van der Waals surface area (Å²) in [6.45, 7) is 0.784. The molecule has 6 heteroatoms. The average molecular weight is 208 g/mol. The molecule has 0 saturated carbocycles. The van der Waals surface area contributed by atoms with Crippen LogP contribution in [0.3, 0.4) is 0 Å². The number of hydrogen-bond donors (Lipinski definition) is 3. The van der Waals surface area contributed by atoms with E-state index >= 15 is 0 Å². The van der Waals surface area contributed by atoms with E-state index < -0.39 is 25.5 Å². The molecule has 3 N–H and O–H groups in total. The Morgan fingerprint density at radius 2 is 1.64 bits per heavy atom. The highest BCUT2D eigenvalue weighted by molar-refractivity contribution is 5.69. The average Bonchev–Trinajstić information content (AvgIpc) is 2.17. The summed E-state index contributed by atoms with van der Waals surface area (Å²) in [5.74, 6) is -1.99. The lowest BCUT2D eigenvalue weighted by atomic mass is 9.96. The predicted octanol–water partition coefficient (Wildman–Crippen LogP) is -0.744. The molecule has 0 aromatic heterocycles. The van der Waals surface area contributed by atoms with Gasteiger partial charge in [-0.1, -0.05) is 6.92 Å². The predicted molar refractivity (Wildman–Crippen MR) is 46.4 cm³/mol. The van der Waals surface area contributed by atoms with E-state index in [9.17, 15) is 4.79 Å². The molecule has 0 fully saturated rings. The van der Waals surface area contributed by atoms with E-state index in [1.807, 2.05) is 0 Å². The van der Waals surface area contributed by atoms with Crippen LogP contribution in [0.4, 0.5) is 0 Å². The normalized spacial score (nSPS) is 13.1. The molecule has 84 valence electrons. The number of ether oxygens (including phenoxy) is 2. The van der Waals surface area contributed by atoms with Crippen molar-refractivity contribution in [2.45, 2.75) is 6.92 Å². The van der Waals surface area contributed by atoms with Gasteiger partial charge in [-0.2, -0.15) is 0 Å². The second kappa shape index (κ2) is 7.69. The van der Waals surface area contributed by atoms with Crippen LogP contribution < -0.4 is 0 Å². The van der Waals surface area contributed by atoms with Crippen LogP contribution in [0.15, 0.2) is 0 Å². The van der Waals surface area contributed by atoms with Crippen molar-refractivity contribution < 1.29 is 29.6 Å². The van der Waals surface area contributed by atoms with E-state index in [0.717, 1.165) is 0 Å². The van der Waals surface area contributed by atoms with Gasteiger partial charge in [0.2, 0.25) is 0 Å². The number of rotatable bonds is 8.